The highest BCUT2D eigenvalue weighted by molar-refractivity contribution is 5.95. The fourth-order valence-electron chi connectivity index (χ4n) is 2.74. The van der Waals surface area contributed by atoms with Crippen LogP contribution in [0.25, 0.3) is 10.8 Å². The Morgan fingerprint density at radius 2 is 1.96 bits per heavy atom. The second-order valence-corrected chi connectivity index (χ2v) is 5.78. The van der Waals surface area contributed by atoms with Crippen LogP contribution in [-0.4, -0.2) is 15.7 Å². The van der Waals surface area contributed by atoms with E-state index in [2.05, 4.69) is 42.5 Å². The summed E-state index contributed by atoms with van der Waals surface area (Å²) in [7, 11) is 0. The summed E-state index contributed by atoms with van der Waals surface area (Å²) in [5.74, 6) is 0.732. The predicted octanol–water partition coefficient (Wildman–Crippen LogP) is 4.19. The van der Waals surface area contributed by atoms with Gasteiger partial charge in [-0.05, 0) is 29.7 Å². The Morgan fingerprint density at radius 3 is 2.78 bits per heavy atom. The van der Waals surface area contributed by atoms with Crippen LogP contribution in [0.4, 0.5) is 5.82 Å². The third-order valence-corrected chi connectivity index (χ3v) is 4.18. The van der Waals surface area contributed by atoms with Crippen molar-refractivity contribution in [1.29, 1.82) is 0 Å². The van der Waals surface area contributed by atoms with E-state index in [1.54, 1.807) is 6.20 Å². The van der Waals surface area contributed by atoms with Gasteiger partial charge in [0.05, 0.1) is 18.7 Å². The molecule has 1 heterocycles. The number of nitrogens with one attached hydrogen (secondary N) is 1. The third kappa shape index (κ3) is 3.26. The van der Waals surface area contributed by atoms with Gasteiger partial charge in [-0.15, -0.1) is 0 Å². The number of fused-ring (bicyclic) bond motifs is 1. The monoisotopic (exact) mass is 307 g/mol. The maximum Gasteiger partial charge on any atom is 0.229 e. The smallest absolute Gasteiger partial charge is 0.229 e. The maximum atomic E-state index is 12.4. The molecule has 4 heteroatoms. The number of carbonyl (C=O) groups excluding carboxylic acids is 1. The first-order valence-corrected chi connectivity index (χ1v) is 7.99. The number of rotatable bonds is 5. The van der Waals surface area contributed by atoms with Crippen molar-refractivity contribution >= 4 is 22.5 Å². The molecule has 0 radical (unpaired) electrons. The van der Waals surface area contributed by atoms with Crippen molar-refractivity contribution in [2.24, 2.45) is 0 Å². The number of hydrogen-bond acceptors (Lipinski definition) is 2. The van der Waals surface area contributed by atoms with E-state index in [0.717, 1.165) is 28.6 Å². The Bertz CT molecular complexity index is 817. The number of benzene rings is 2. The van der Waals surface area contributed by atoms with Gasteiger partial charge in [0.25, 0.3) is 0 Å². The second-order valence-electron chi connectivity index (χ2n) is 5.78. The van der Waals surface area contributed by atoms with Crippen LogP contribution < -0.4 is 5.32 Å². The van der Waals surface area contributed by atoms with Crippen molar-refractivity contribution in [2.45, 2.75) is 32.7 Å². The minimum atomic E-state index is -0.0218. The molecule has 0 aliphatic rings. The van der Waals surface area contributed by atoms with Crippen LogP contribution in [0.1, 0.15) is 31.9 Å². The first-order valence-electron chi connectivity index (χ1n) is 7.99. The van der Waals surface area contributed by atoms with Gasteiger partial charge >= 0.3 is 0 Å². The lowest BCUT2D eigenvalue weighted by Crippen LogP contribution is -2.19. The number of aromatic nitrogens is 2. The molecule has 1 aromatic heterocycles. The quantitative estimate of drug-likeness (QED) is 0.768. The first-order chi connectivity index (χ1) is 11.2. The number of hydrogen-bond donors (Lipinski definition) is 1. The van der Waals surface area contributed by atoms with Crippen LogP contribution in [0, 0.1) is 0 Å². The van der Waals surface area contributed by atoms with Crippen LogP contribution in [-0.2, 0) is 11.2 Å². The van der Waals surface area contributed by atoms with Crippen LogP contribution >= 0.6 is 0 Å². The molecule has 118 valence electrons. The van der Waals surface area contributed by atoms with Gasteiger partial charge in [0.2, 0.25) is 5.91 Å². The van der Waals surface area contributed by atoms with Gasteiger partial charge in [0.1, 0.15) is 5.82 Å². The highest BCUT2D eigenvalue weighted by atomic mass is 16.1. The van der Waals surface area contributed by atoms with E-state index in [9.17, 15) is 4.79 Å². The number of anilines is 1. The van der Waals surface area contributed by atoms with Gasteiger partial charge < -0.3 is 5.32 Å². The van der Waals surface area contributed by atoms with Crippen LogP contribution in [0.5, 0.6) is 0 Å². The van der Waals surface area contributed by atoms with E-state index in [1.807, 2.05) is 35.0 Å². The number of carbonyl (C=O) groups is 1. The average Bonchev–Trinajstić information content (AvgIpc) is 3.02. The summed E-state index contributed by atoms with van der Waals surface area (Å²) >= 11 is 0. The second kappa shape index (κ2) is 6.65. The van der Waals surface area contributed by atoms with Crippen molar-refractivity contribution in [3.63, 3.8) is 0 Å². The first kappa shape index (κ1) is 15.3. The van der Waals surface area contributed by atoms with Gasteiger partial charge in [-0.25, -0.2) is 4.68 Å². The Morgan fingerprint density at radius 1 is 1.17 bits per heavy atom. The van der Waals surface area contributed by atoms with E-state index in [0.29, 0.717) is 6.42 Å². The molecule has 1 atom stereocenters. The molecular weight excluding hydrogens is 286 g/mol. The van der Waals surface area contributed by atoms with Crippen LogP contribution in [0.2, 0.25) is 0 Å². The maximum absolute atomic E-state index is 12.4. The van der Waals surface area contributed by atoms with Crippen LogP contribution in [0.3, 0.4) is 0 Å². The summed E-state index contributed by atoms with van der Waals surface area (Å²) in [6, 6.07) is 16.3. The molecule has 3 aromatic rings. The minimum Gasteiger partial charge on any atom is -0.311 e. The van der Waals surface area contributed by atoms with Crippen molar-refractivity contribution in [1.82, 2.24) is 9.78 Å². The average molecular weight is 307 g/mol. The van der Waals surface area contributed by atoms with E-state index < -0.39 is 0 Å². The van der Waals surface area contributed by atoms with Gasteiger partial charge in [-0.1, -0.05) is 49.4 Å². The molecule has 3 rings (SSSR count). The SMILES string of the molecule is CCC(C)n1nccc1NC(=O)Cc1cccc2ccccc12. The molecule has 0 aliphatic heterocycles. The molecule has 1 unspecified atom stereocenters. The highest BCUT2D eigenvalue weighted by Crippen LogP contribution is 2.20. The minimum absolute atomic E-state index is 0.0218. The predicted molar refractivity (Wildman–Crippen MR) is 93.5 cm³/mol. The molecule has 23 heavy (non-hydrogen) atoms. The van der Waals surface area contributed by atoms with Gasteiger partial charge in [-0.3, -0.25) is 4.79 Å². The molecule has 0 saturated carbocycles. The fraction of sp³-hybridized carbons (Fsp3) is 0.263. The zero-order valence-corrected chi connectivity index (χ0v) is 13.5. The largest absolute Gasteiger partial charge is 0.311 e. The summed E-state index contributed by atoms with van der Waals surface area (Å²) in [4.78, 5) is 12.4. The molecule has 1 N–H and O–H groups in total. The lowest BCUT2D eigenvalue weighted by molar-refractivity contribution is -0.115. The lowest BCUT2D eigenvalue weighted by Gasteiger charge is -2.14. The lowest BCUT2D eigenvalue weighted by atomic mass is 10.0. The number of nitrogens with zero attached hydrogens (tertiary/aromatic N) is 2. The van der Waals surface area contributed by atoms with Crippen molar-refractivity contribution in [3.05, 3.63) is 60.3 Å². The molecule has 0 spiro atoms. The van der Waals surface area contributed by atoms with Gasteiger partial charge in [0.15, 0.2) is 0 Å². The summed E-state index contributed by atoms with van der Waals surface area (Å²) in [6.45, 7) is 4.20. The molecule has 0 saturated heterocycles. The summed E-state index contributed by atoms with van der Waals surface area (Å²) in [5.41, 5.74) is 1.04. The van der Waals surface area contributed by atoms with Crippen molar-refractivity contribution in [3.8, 4) is 0 Å². The van der Waals surface area contributed by atoms with Crippen molar-refractivity contribution in [2.75, 3.05) is 5.32 Å². The van der Waals surface area contributed by atoms with E-state index in [1.165, 1.54) is 0 Å². The Balaban J connectivity index is 1.78. The molecule has 0 fully saturated rings. The molecule has 0 bridgehead atoms. The van der Waals surface area contributed by atoms with E-state index in [4.69, 9.17) is 0 Å². The normalized spacial score (nSPS) is 12.3. The molecule has 1 amide bonds. The zero-order valence-electron chi connectivity index (χ0n) is 13.5. The van der Waals surface area contributed by atoms with E-state index >= 15 is 0 Å². The van der Waals surface area contributed by atoms with E-state index in [-0.39, 0.29) is 11.9 Å². The molecular formula is C19H21N3O. The zero-order chi connectivity index (χ0) is 16.2. The molecule has 4 nitrogen and oxygen atoms in total. The standard InChI is InChI=1S/C19H21N3O/c1-3-14(2)22-18(11-12-20-22)21-19(23)13-16-9-6-8-15-7-4-5-10-17(15)16/h4-12,14H,3,13H2,1-2H3,(H,21,23). The fourth-order valence-corrected chi connectivity index (χ4v) is 2.74. The van der Waals surface area contributed by atoms with Crippen molar-refractivity contribution < 1.29 is 4.79 Å². The topological polar surface area (TPSA) is 46.9 Å². The van der Waals surface area contributed by atoms with Gasteiger partial charge in [-0.2, -0.15) is 5.10 Å². The summed E-state index contributed by atoms with van der Waals surface area (Å²) in [5, 5.41) is 9.56. The van der Waals surface area contributed by atoms with Crippen LogP contribution in [0.15, 0.2) is 54.7 Å². The summed E-state index contributed by atoms with van der Waals surface area (Å²) < 4.78 is 1.86. The Kier molecular flexibility index (Phi) is 4.42. The Hall–Kier alpha value is -2.62. The highest BCUT2D eigenvalue weighted by Gasteiger charge is 2.12. The summed E-state index contributed by atoms with van der Waals surface area (Å²) in [6.07, 6.45) is 3.04. The number of amides is 1. The molecule has 2 aromatic carbocycles. The third-order valence-electron chi connectivity index (χ3n) is 4.18. The Labute approximate surface area is 136 Å². The van der Waals surface area contributed by atoms with Gasteiger partial charge in [0, 0.05) is 6.07 Å². The molecule has 0 aliphatic carbocycles.